The number of rotatable bonds is 8. The molecule has 0 fully saturated rings. The molecule has 1 N–H and O–H groups in total. The zero-order chi connectivity index (χ0) is 20.0. The van der Waals surface area contributed by atoms with Crippen LogP contribution < -0.4 is 14.4 Å². The zero-order valence-electron chi connectivity index (χ0n) is 16.2. The number of ether oxygens (including phenoxy) is 1. The minimum Gasteiger partial charge on any atom is -0.496 e. The molecule has 2 aromatic rings. The van der Waals surface area contributed by atoms with Crippen molar-refractivity contribution in [3.63, 3.8) is 0 Å². The molecule has 146 valence electrons. The number of hydrogen-bond acceptors (Lipinski definition) is 4. The van der Waals surface area contributed by atoms with Crippen LogP contribution in [-0.2, 0) is 27.8 Å². The number of aryl methyl sites for hydroxylation is 2. The highest BCUT2D eigenvalue weighted by Gasteiger charge is 2.24. The van der Waals surface area contributed by atoms with Gasteiger partial charge in [-0.25, -0.2) is 8.42 Å². The van der Waals surface area contributed by atoms with E-state index >= 15 is 0 Å². The van der Waals surface area contributed by atoms with Crippen LogP contribution >= 0.6 is 0 Å². The van der Waals surface area contributed by atoms with Crippen molar-refractivity contribution in [1.82, 2.24) is 5.32 Å². The molecule has 0 radical (unpaired) electrons. The first-order valence-corrected chi connectivity index (χ1v) is 10.6. The van der Waals surface area contributed by atoms with Gasteiger partial charge in [0.15, 0.2) is 0 Å². The van der Waals surface area contributed by atoms with E-state index in [1.807, 2.05) is 56.3 Å². The molecule has 0 heterocycles. The quantitative estimate of drug-likeness (QED) is 0.752. The van der Waals surface area contributed by atoms with Gasteiger partial charge in [-0.05, 0) is 30.5 Å². The van der Waals surface area contributed by atoms with E-state index in [0.29, 0.717) is 17.9 Å². The molecule has 0 saturated heterocycles. The van der Waals surface area contributed by atoms with Crippen LogP contribution in [0.2, 0.25) is 0 Å². The predicted octanol–water partition coefficient (Wildman–Crippen LogP) is 2.65. The Labute approximate surface area is 161 Å². The lowest BCUT2D eigenvalue weighted by atomic mass is 10.1. The fourth-order valence-electron chi connectivity index (χ4n) is 2.95. The fraction of sp³-hybridized carbons (Fsp3) is 0.350. The van der Waals surface area contributed by atoms with Crippen LogP contribution in [0.5, 0.6) is 5.75 Å². The van der Waals surface area contributed by atoms with Crippen LogP contribution in [0.4, 0.5) is 5.69 Å². The van der Waals surface area contributed by atoms with Crippen molar-refractivity contribution >= 4 is 21.6 Å². The van der Waals surface area contributed by atoms with Crippen molar-refractivity contribution in [1.29, 1.82) is 0 Å². The molecule has 27 heavy (non-hydrogen) atoms. The van der Waals surface area contributed by atoms with Crippen molar-refractivity contribution in [2.24, 2.45) is 0 Å². The van der Waals surface area contributed by atoms with Gasteiger partial charge in [0.1, 0.15) is 12.3 Å². The van der Waals surface area contributed by atoms with E-state index in [9.17, 15) is 13.2 Å². The molecule has 0 spiro atoms. The van der Waals surface area contributed by atoms with Crippen molar-refractivity contribution in [2.75, 3.05) is 24.2 Å². The Kier molecular flexibility index (Phi) is 6.85. The van der Waals surface area contributed by atoms with E-state index in [1.165, 1.54) is 4.31 Å². The van der Waals surface area contributed by atoms with Crippen LogP contribution in [0.3, 0.4) is 0 Å². The van der Waals surface area contributed by atoms with Gasteiger partial charge in [-0.2, -0.15) is 0 Å². The van der Waals surface area contributed by atoms with Gasteiger partial charge in [0.25, 0.3) is 0 Å². The third kappa shape index (κ3) is 5.23. The summed E-state index contributed by atoms with van der Waals surface area (Å²) < 4.78 is 31.2. The minimum atomic E-state index is -3.62. The number of nitrogens with zero attached hydrogens (tertiary/aromatic N) is 1. The Hall–Kier alpha value is -2.54. The van der Waals surface area contributed by atoms with Crippen LogP contribution in [0.1, 0.15) is 23.6 Å². The monoisotopic (exact) mass is 390 g/mol. The molecule has 0 aliphatic rings. The minimum absolute atomic E-state index is 0.259. The highest BCUT2D eigenvalue weighted by Crippen LogP contribution is 2.27. The van der Waals surface area contributed by atoms with Crippen LogP contribution in [0.25, 0.3) is 0 Å². The van der Waals surface area contributed by atoms with Crippen LogP contribution in [0, 0.1) is 6.92 Å². The molecule has 0 aromatic heterocycles. The third-order valence-corrected chi connectivity index (χ3v) is 5.42. The standard InChI is InChI=1S/C20H26N2O4S/c1-5-16-11-8-9-15(2)20(16)22(27(4,24)25)14-19(23)21-13-17-10-6-7-12-18(17)26-3/h6-12H,5,13-14H2,1-4H3,(H,21,23). The fourth-order valence-corrected chi connectivity index (χ4v) is 3.90. The first kappa shape index (κ1) is 20.8. The first-order valence-electron chi connectivity index (χ1n) is 8.72. The normalized spacial score (nSPS) is 11.1. The van der Waals surface area contributed by atoms with E-state index in [1.54, 1.807) is 7.11 Å². The maximum Gasteiger partial charge on any atom is 0.241 e. The molecule has 7 heteroatoms. The topological polar surface area (TPSA) is 75.7 Å². The average Bonchev–Trinajstić information content (AvgIpc) is 2.64. The van der Waals surface area contributed by atoms with Gasteiger partial charge in [0.05, 0.1) is 19.1 Å². The molecule has 0 aliphatic carbocycles. The number of anilines is 1. The van der Waals surface area contributed by atoms with E-state index in [4.69, 9.17) is 4.74 Å². The Balaban J connectivity index is 2.22. The Morgan fingerprint density at radius 3 is 2.41 bits per heavy atom. The average molecular weight is 391 g/mol. The Morgan fingerprint density at radius 1 is 1.11 bits per heavy atom. The maximum atomic E-state index is 12.5. The van der Waals surface area contributed by atoms with Crippen molar-refractivity contribution in [3.05, 3.63) is 59.2 Å². The summed E-state index contributed by atoms with van der Waals surface area (Å²) in [6.45, 7) is 3.79. The summed E-state index contributed by atoms with van der Waals surface area (Å²) in [4.78, 5) is 12.5. The number of benzene rings is 2. The highest BCUT2D eigenvalue weighted by atomic mass is 32.2. The molecule has 0 atom stereocenters. The molecule has 2 rings (SSSR count). The number of carbonyl (C=O) groups excluding carboxylic acids is 1. The van der Waals surface area contributed by atoms with Gasteiger partial charge >= 0.3 is 0 Å². The number of sulfonamides is 1. The molecule has 0 bridgehead atoms. The van der Waals surface area contributed by atoms with Crippen LogP contribution in [0.15, 0.2) is 42.5 Å². The lowest BCUT2D eigenvalue weighted by Crippen LogP contribution is -2.41. The second kappa shape index (κ2) is 8.90. The number of carbonyl (C=O) groups is 1. The van der Waals surface area contributed by atoms with E-state index in [0.717, 1.165) is 22.9 Å². The van der Waals surface area contributed by atoms with Crippen molar-refractivity contribution in [2.45, 2.75) is 26.8 Å². The largest absolute Gasteiger partial charge is 0.496 e. The highest BCUT2D eigenvalue weighted by molar-refractivity contribution is 7.92. The second-order valence-corrected chi connectivity index (χ2v) is 8.20. The number of methoxy groups -OCH3 is 1. The number of amides is 1. The van der Waals surface area contributed by atoms with Crippen molar-refractivity contribution < 1.29 is 17.9 Å². The molecule has 0 saturated carbocycles. The van der Waals surface area contributed by atoms with Crippen LogP contribution in [-0.4, -0.2) is 34.2 Å². The molecule has 0 unspecified atom stereocenters. The first-order chi connectivity index (χ1) is 12.8. The van der Waals surface area contributed by atoms with E-state index in [2.05, 4.69) is 5.32 Å². The third-order valence-electron chi connectivity index (χ3n) is 4.31. The predicted molar refractivity (Wildman–Crippen MR) is 108 cm³/mol. The number of para-hydroxylation sites is 2. The summed E-state index contributed by atoms with van der Waals surface area (Å²) in [7, 11) is -2.05. The maximum absolute atomic E-state index is 12.5. The molecule has 6 nitrogen and oxygen atoms in total. The van der Waals surface area contributed by atoms with Gasteiger partial charge in [0, 0.05) is 12.1 Å². The molecule has 0 aliphatic heterocycles. The lowest BCUT2D eigenvalue weighted by Gasteiger charge is -2.26. The summed E-state index contributed by atoms with van der Waals surface area (Å²) >= 11 is 0. The lowest BCUT2D eigenvalue weighted by molar-refractivity contribution is -0.119. The van der Waals surface area contributed by atoms with Gasteiger partial charge < -0.3 is 10.1 Å². The summed E-state index contributed by atoms with van der Waals surface area (Å²) in [5.74, 6) is 0.293. The van der Waals surface area contributed by atoms with Gasteiger partial charge in [-0.3, -0.25) is 9.10 Å². The molecule has 2 aromatic carbocycles. The summed E-state index contributed by atoms with van der Waals surface area (Å²) in [5, 5.41) is 2.78. The second-order valence-electron chi connectivity index (χ2n) is 6.29. The Bertz CT molecular complexity index is 910. The summed E-state index contributed by atoms with van der Waals surface area (Å²) in [6, 6.07) is 13.0. The van der Waals surface area contributed by atoms with Gasteiger partial charge in [-0.15, -0.1) is 0 Å². The van der Waals surface area contributed by atoms with Crippen molar-refractivity contribution in [3.8, 4) is 5.75 Å². The molecular weight excluding hydrogens is 364 g/mol. The van der Waals surface area contributed by atoms with E-state index in [-0.39, 0.29) is 19.0 Å². The molecule has 1 amide bonds. The summed E-state index contributed by atoms with van der Waals surface area (Å²) in [5.41, 5.74) is 3.11. The van der Waals surface area contributed by atoms with Gasteiger partial charge in [0.2, 0.25) is 15.9 Å². The zero-order valence-corrected chi connectivity index (χ0v) is 17.0. The number of hydrogen-bond donors (Lipinski definition) is 1. The molecular formula is C20H26N2O4S. The van der Waals surface area contributed by atoms with Gasteiger partial charge in [-0.1, -0.05) is 43.3 Å². The number of nitrogens with one attached hydrogen (secondary N) is 1. The summed E-state index contributed by atoms with van der Waals surface area (Å²) in [6.07, 6.45) is 1.79. The smallest absolute Gasteiger partial charge is 0.241 e. The van der Waals surface area contributed by atoms with E-state index < -0.39 is 10.0 Å². The Morgan fingerprint density at radius 2 is 1.78 bits per heavy atom. The SMILES string of the molecule is CCc1cccc(C)c1N(CC(=O)NCc1ccccc1OC)S(C)(=O)=O.